The van der Waals surface area contributed by atoms with E-state index in [2.05, 4.69) is 26.6 Å². The molecular weight excluding hydrogens is 841 g/mol. The lowest BCUT2D eigenvalue weighted by Crippen LogP contribution is -2.60. The molecule has 1 aliphatic carbocycles. The van der Waals surface area contributed by atoms with Crippen molar-refractivity contribution in [3.05, 3.63) is 23.0 Å². The lowest BCUT2D eigenvalue weighted by molar-refractivity contribution is -0.139. The van der Waals surface area contributed by atoms with Gasteiger partial charge in [-0.2, -0.15) is 11.8 Å². The summed E-state index contributed by atoms with van der Waals surface area (Å²) in [6.07, 6.45) is 2.86. The average molecular weight is 901 g/mol. The molecule has 7 rings (SSSR count). The zero-order chi connectivity index (χ0) is 45.9. The molecule has 2 amide bonds. The minimum absolute atomic E-state index is 0.0141. The van der Waals surface area contributed by atoms with Crippen molar-refractivity contribution in [3.63, 3.8) is 0 Å². The number of thioether (sulfide) groups is 1. The Morgan fingerprint density at radius 2 is 1.44 bits per heavy atom. The van der Waals surface area contributed by atoms with Gasteiger partial charge in [-0.25, -0.2) is 0 Å². The molecule has 12 N–H and O–H groups in total. The van der Waals surface area contributed by atoms with E-state index in [4.69, 9.17) is 5.73 Å². The number of hydrogen-bond acceptors (Lipinski definition) is 13. The van der Waals surface area contributed by atoms with Gasteiger partial charge in [-0.05, 0) is 67.6 Å². The highest BCUT2D eigenvalue weighted by atomic mass is 32.2. The Morgan fingerprint density at radius 1 is 0.810 bits per heavy atom. The van der Waals surface area contributed by atoms with E-state index in [0.29, 0.717) is 23.4 Å². The average Bonchev–Trinajstić information content (AvgIpc) is 3.86. The number of fused-ring (bicyclic) bond motifs is 6. The number of allylic oxidation sites excluding steroid dienone is 2. The highest BCUT2D eigenvalue weighted by molar-refractivity contribution is 8.00. The van der Waals surface area contributed by atoms with E-state index < -0.39 is 130 Å². The summed E-state index contributed by atoms with van der Waals surface area (Å²) in [6, 6.07) is -3.21. The summed E-state index contributed by atoms with van der Waals surface area (Å²) in [7, 11) is 0. The lowest BCUT2D eigenvalue weighted by Gasteiger charge is -2.42. The Morgan fingerprint density at radius 3 is 2.06 bits per heavy atom. The van der Waals surface area contributed by atoms with Crippen LogP contribution in [0, 0.1) is 46.3 Å². The molecule has 63 heavy (non-hydrogen) atoms. The third kappa shape index (κ3) is 8.42. The van der Waals surface area contributed by atoms with E-state index in [0.717, 1.165) is 0 Å². The normalized spacial score (nSPS) is 40.9. The Labute approximate surface area is 368 Å². The van der Waals surface area contributed by atoms with Crippen LogP contribution < -0.4 is 32.3 Å². The van der Waals surface area contributed by atoms with Gasteiger partial charge in [0.15, 0.2) is 5.78 Å². The van der Waals surface area contributed by atoms with Crippen LogP contribution in [0.3, 0.4) is 0 Å². The van der Waals surface area contributed by atoms with Crippen LogP contribution in [-0.4, -0.2) is 120 Å². The molecule has 15 atom stereocenters. The number of carboxylic acid groups (broad SMARTS) is 5. The second-order valence-corrected chi connectivity index (χ2v) is 20.6. The van der Waals surface area contributed by atoms with Crippen molar-refractivity contribution in [2.75, 3.05) is 6.26 Å². The second kappa shape index (κ2) is 17.4. The summed E-state index contributed by atoms with van der Waals surface area (Å²) in [4.78, 5) is 104. The number of nitrogens with two attached hydrogens (primary N) is 1. The standard InChI is InChI=1S/C43H60N6O13S/c1-41(16-30(44)50)22(5-8-33(54)55)27-15-43-42(2,17-31(51)49-43)23(6-9-34(56)57)26(48-43)13-24-19(11-35(58)59)18(4-7-32(52)53)38(46-24)37-39-21(10-28(63-3)40(37)62)20(12-36(60)61)25(47-39)14-29(41)45-27/h13,18-25,27-29,39,45-48H,4-12,14-17H2,1-3H3,(H2,44,50)(H,49,51)(H,52,53)(H,54,55)(H,56,57)(H,58,59)(H,60,61)/b26-13-,38-37?/t18-,19-,20-,21-,22+,23+,24+,25+,27-,28-,29?,39?,41-,42-,43-/m0/s1. The molecule has 1 saturated carbocycles. The number of carbonyl (C=O) groups excluding carboxylic acids is 3. The van der Waals surface area contributed by atoms with Gasteiger partial charge < -0.3 is 57.9 Å². The predicted octanol–water partition coefficient (Wildman–Crippen LogP) is 1.22. The molecule has 0 aromatic heterocycles. The zero-order valence-electron chi connectivity index (χ0n) is 35.7. The molecule has 20 heteroatoms. The quantitative estimate of drug-likeness (QED) is 0.104. The van der Waals surface area contributed by atoms with Crippen LogP contribution in [0.5, 0.6) is 0 Å². The number of amides is 2. The fraction of sp³-hybridized carbons (Fsp3) is 0.721. The Kier molecular flexibility index (Phi) is 12.8. The van der Waals surface area contributed by atoms with Crippen LogP contribution in [0.2, 0.25) is 0 Å². The third-order valence-corrected chi connectivity index (χ3v) is 17.1. The molecule has 7 aliphatic rings. The van der Waals surface area contributed by atoms with Gasteiger partial charge in [0.25, 0.3) is 0 Å². The summed E-state index contributed by atoms with van der Waals surface area (Å²) in [5.41, 5.74) is 4.00. The number of carbonyl (C=O) groups is 8. The molecule has 2 unspecified atom stereocenters. The number of aliphatic carboxylic acids is 5. The maximum absolute atomic E-state index is 14.8. The first-order valence-electron chi connectivity index (χ1n) is 21.9. The van der Waals surface area contributed by atoms with Gasteiger partial charge in [0.2, 0.25) is 11.8 Å². The SMILES string of the molecule is CS[C@H]1C[C@@H]2C3N[C@H](CC4N[C@@H](C[C@]56NC(=O)C[C@@]5(C)[C@H](CCC(=O)O)/C(=C/[C@H]5NC(=C3C1=O)[C@@H](CCC(=O)O)[C@@H]5CC(=O)O)N6)[C@@H](CCC(=O)O)[C@]4(C)CC(N)=O)[C@H]2CC(=O)O. The van der Waals surface area contributed by atoms with Gasteiger partial charge in [-0.15, -0.1) is 0 Å². The highest BCUT2D eigenvalue weighted by Gasteiger charge is 2.67. The third-order valence-electron chi connectivity index (χ3n) is 16.1. The maximum atomic E-state index is 14.8. The molecule has 6 aliphatic heterocycles. The molecule has 19 nitrogen and oxygen atoms in total. The fourth-order valence-electron chi connectivity index (χ4n) is 13.4. The van der Waals surface area contributed by atoms with E-state index in [1.54, 1.807) is 6.26 Å². The molecule has 0 aromatic carbocycles. The van der Waals surface area contributed by atoms with Gasteiger partial charge in [-0.1, -0.05) is 13.8 Å². The number of primary amides is 1. The first kappa shape index (κ1) is 46.3. The number of ketones is 1. The van der Waals surface area contributed by atoms with Crippen LogP contribution in [0.1, 0.15) is 97.3 Å². The van der Waals surface area contributed by atoms with Crippen molar-refractivity contribution in [1.82, 2.24) is 26.6 Å². The van der Waals surface area contributed by atoms with Crippen LogP contribution in [0.4, 0.5) is 0 Å². The molecule has 346 valence electrons. The Bertz CT molecular complexity index is 2030. The van der Waals surface area contributed by atoms with E-state index in [1.807, 2.05) is 19.9 Å². The minimum Gasteiger partial charge on any atom is -0.481 e. The largest absolute Gasteiger partial charge is 0.481 e. The summed E-state index contributed by atoms with van der Waals surface area (Å²) in [5.74, 6) is -10.2. The molecule has 1 spiro atoms. The number of nitrogens with one attached hydrogen (secondary N) is 5. The maximum Gasteiger partial charge on any atom is 0.303 e. The molecule has 5 saturated heterocycles. The Balaban J connectivity index is 1.49. The summed E-state index contributed by atoms with van der Waals surface area (Å²) < 4.78 is 0. The minimum atomic E-state index is -1.26. The number of Topliss-reactive ketones (excluding diaryl/α,β-unsaturated/α-hetero) is 1. The monoisotopic (exact) mass is 900 g/mol. The molecule has 0 radical (unpaired) electrons. The van der Waals surface area contributed by atoms with Crippen molar-refractivity contribution < 1.29 is 63.9 Å². The smallest absolute Gasteiger partial charge is 0.303 e. The van der Waals surface area contributed by atoms with Crippen LogP contribution >= 0.6 is 11.8 Å². The van der Waals surface area contributed by atoms with Crippen molar-refractivity contribution in [1.29, 1.82) is 0 Å². The topological polar surface area (TPSA) is 324 Å². The molecule has 0 aromatic rings. The fourth-order valence-corrected chi connectivity index (χ4v) is 14.2. The van der Waals surface area contributed by atoms with E-state index in [9.17, 15) is 63.9 Å². The predicted molar refractivity (Wildman–Crippen MR) is 224 cm³/mol. The van der Waals surface area contributed by atoms with E-state index >= 15 is 0 Å². The molecule has 6 heterocycles. The van der Waals surface area contributed by atoms with Gasteiger partial charge in [-0.3, -0.25) is 38.4 Å². The van der Waals surface area contributed by atoms with Gasteiger partial charge in [0.1, 0.15) is 5.66 Å². The summed E-state index contributed by atoms with van der Waals surface area (Å²) in [6.45, 7) is 3.78. The first-order valence-corrected chi connectivity index (χ1v) is 23.2. The van der Waals surface area contributed by atoms with Crippen molar-refractivity contribution >= 4 is 59.2 Å². The number of rotatable bonds is 16. The highest BCUT2D eigenvalue weighted by Crippen LogP contribution is 2.59. The van der Waals surface area contributed by atoms with Crippen LogP contribution in [-0.2, 0) is 38.4 Å². The van der Waals surface area contributed by atoms with Crippen molar-refractivity contribution in [2.24, 2.45) is 52.1 Å². The van der Waals surface area contributed by atoms with E-state index in [1.165, 1.54) is 11.8 Å². The van der Waals surface area contributed by atoms with Crippen LogP contribution in [0.25, 0.3) is 0 Å². The van der Waals surface area contributed by atoms with Gasteiger partial charge in [0, 0.05) is 109 Å². The molecule has 8 bridgehead atoms. The van der Waals surface area contributed by atoms with Gasteiger partial charge >= 0.3 is 29.8 Å². The first-order chi connectivity index (χ1) is 29.6. The molecular formula is C43H60N6O13S. The van der Waals surface area contributed by atoms with Crippen molar-refractivity contribution in [2.45, 2.75) is 138 Å². The Hall–Kier alpha value is -4.69. The zero-order valence-corrected chi connectivity index (χ0v) is 36.5. The second-order valence-electron chi connectivity index (χ2n) is 19.5. The lowest BCUT2D eigenvalue weighted by atomic mass is 9.63. The van der Waals surface area contributed by atoms with E-state index in [-0.39, 0.29) is 82.3 Å². The number of hydrogen-bond donors (Lipinski definition) is 11. The van der Waals surface area contributed by atoms with Gasteiger partial charge in [0.05, 0.1) is 17.7 Å². The van der Waals surface area contributed by atoms with Crippen molar-refractivity contribution in [3.8, 4) is 0 Å². The number of carboxylic acids is 5. The summed E-state index contributed by atoms with van der Waals surface area (Å²) in [5, 5.41) is 67.8. The van der Waals surface area contributed by atoms with Crippen LogP contribution in [0.15, 0.2) is 23.0 Å². The molecule has 6 fully saturated rings. The summed E-state index contributed by atoms with van der Waals surface area (Å²) >= 11 is 1.32.